The molecule has 1 heterocycles. The maximum atomic E-state index is 12.4. The molecule has 0 aliphatic heterocycles. The van der Waals surface area contributed by atoms with Crippen LogP contribution in [-0.4, -0.2) is 34.7 Å². The number of nitrogens with one attached hydrogen (secondary N) is 3. The van der Waals surface area contributed by atoms with Crippen LogP contribution < -0.4 is 11.1 Å². The third-order valence-electron chi connectivity index (χ3n) is 3.84. The highest BCUT2D eigenvalue weighted by molar-refractivity contribution is 6.11. The Morgan fingerprint density at radius 3 is 2.46 bits per heavy atom. The Labute approximate surface area is 156 Å². The molecule has 8 heteroatoms. The predicted molar refractivity (Wildman–Crippen MR) is 104 cm³/mol. The number of hydrogen-bond donors (Lipinski definition) is 4. The fourth-order valence-corrected chi connectivity index (χ4v) is 2.45. The van der Waals surface area contributed by atoms with E-state index in [0.717, 1.165) is 4.90 Å². The lowest BCUT2D eigenvalue weighted by atomic mass is 10.1. The number of hydrogen-bond acceptors (Lipinski definition) is 3. The van der Waals surface area contributed by atoms with Gasteiger partial charge in [0.1, 0.15) is 5.69 Å². The van der Waals surface area contributed by atoms with Crippen LogP contribution in [0.1, 0.15) is 20.8 Å². The number of rotatable bonds is 3. The number of guanidine groups is 1. The Hall–Kier alpha value is -3.32. The summed E-state index contributed by atoms with van der Waals surface area (Å²) in [5, 5.41) is 10.9. The Bertz CT molecular complexity index is 968. The summed E-state index contributed by atoms with van der Waals surface area (Å²) in [5.74, 6) is -1.01. The molecule has 0 radical (unpaired) electrons. The van der Waals surface area contributed by atoms with Crippen molar-refractivity contribution in [3.05, 3.63) is 65.9 Å². The molecule has 0 spiro atoms. The van der Waals surface area contributed by atoms with Gasteiger partial charge in [-0.05, 0) is 30.3 Å². The smallest absolute Gasteiger partial charge is 0.276 e. The second kappa shape index (κ2) is 7.71. The molecule has 0 bridgehead atoms. The van der Waals surface area contributed by atoms with Crippen LogP contribution in [0.15, 0.2) is 54.6 Å². The van der Waals surface area contributed by atoms with Crippen molar-refractivity contribution in [1.82, 2.24) is 9.88 Å². The van der Waals surface area contributed by atoms with Gasteiger partial charge in [-0.2, -0.15) is 0 Å². The van der Waals surface area contributed by atoms with Crippen LogP contribution in [0.4, 0.5) is 5.69 Å². The molecule has 0 saturated carbocycles. The maximum Gasteiger partial charge on any atom is 0.276 e. The average Bonchev–Trinajstić information content (AvgIpc) is 3.06. The summed E-state index contributed by atoms with van der Waals surface area (Å²) in [6.45, 7) is 0. The molecule has 3 rings (SSSR count). The molecular formula is C18H18ClN5O2. The molecule has 26 heavy (non-hydrogen) atoms. The fraction of sp³-hybridized carbons (Fsp3) is 0.0556. The maximum absolute atomic E-state index is 12.4. The normalized spacial score (nSPS) is 10.0. The molecule has 0 aliphatic carbocycles. The molecule has 0 atom stereocenters. The van der Waals surface area contributed by atoms with Gasteiger partial charge < -0.3 is 16.0 Å². The molecule has 0 saturated heterocycles. The Balaban J connectivity index is 0.00000243. The van der Waals surface area contributed by atoms with Gasteiger partial charge in [0.15, 0.2) is 5.96 Å². The van der Waals surface area contributed by atoms with Crippen molar-refractivity contribution in [2.75, 3.05) is 12.4 Å². The monoisotopic (exact) mass is 371 g/mol. The molecular weight excluding hydrogens is 354 g/mol. The Morgan fingerprint density at radius 1 is 1.12 bits per heavy atom. The van der Waals surface area contributed by atoms with Crippen molar-refractivity contribution in [2.24, 2.45) is 5.73 Å². The lowest BCUT2D eigenvalue weighted by Crippen LogP contribution is -2.38. The lowest BCUT2D eigenvalue weighted by molar-refractivity contribution is 0.0864. The molecule has 0 unspecified atom stereocenters. The van der Waals surface area contributed by atoms with E-state index in [-0.39, 0.29) is 30.0 Å². The van der Waals surface area contributed by atoms with E-state index >= 15 is 0 Å². The highest BCUT2D eigenvalue weighted by Gasteiger charge is 2.18. The number of nitrogens with two attached hydrogens (primary N) is 1. The number of carbonyl (C=O) groups is 2. The fourth-order valence-electron chi connectivity index (χ4n) is 2.45. The van der Waals surface area contributed by atoms with Gasteiger partial charge in [0.2, 0.25) is 0 Å². The van der Waals surface area contributed by atoms with Crippen LogP contribution in [0.2, 0.25) is 0 Å². The first-order valence-corrected chi connectivity index (χ1v) is 7.57. The van der Waals surface area contributed by atoms with Crippen LogP contribution in [-0.2, 0) is 0 Å². The summed E-state index contributed by atoms with van der Waals surface area (Å²) in [5.41, 5.74) is 7.47. The van der Waals surface area contributed by atoms with Crippen molar-refractivity contribution < 1.29 is 9.59 Å². The lowest BCUT2D eigenvalue weighted by Gasteiger charge is -2.12. The number of aromatic nitrogens is 1. The van der Waals surface area contributed by atoms with E-state index in [4.69, 9.17) is 11.1 Å². The average molecular weight is 372 g/mol. The second-order valence-corrected chi connectivity index (χ2v) is 5.52. The number of nitrogens with zero attached hydrogens (tertiary/aromatic N) is 1. The third kappa shape index (κ3) is 3.68. The first-order chi connectivity index (χ1) is 12.0. The number of benzene rings is 2. The molecule has 7 nitrogen and oxygen atoms in total. The SMILES string of the molecule is CN(C(=N)N)C(=O)c1cc2c(NC(=O)c3ccccc3)cccc2[nH]1.Cl. The number of H-pyrrole nitrogens is 1. The minimum atomic E-state index is -0.427. The number of carbonyl (C=O) groups excluding carboxylic acids is 2. The first-order valence-electron chi connectivity index (χ1n) is 7.57. The van der Waals surface area contributed by atoms with Gasteiger partial charge in [0.05, 0.1) is 5.69 Å². The van der Waals surface area contributed by atoms with E-state index in [1.165, 1.54) is 7.05 Å². The summed E-state index contributed by atoms with van der Waals surface area (Å²) in [6, 6.07) is 15.9. The summed E-state index contributed by atoms with van der Waals surface area (Å²) in [6.07, 6.45) is 0. The highest BCUT2D eigenvalue weighted by Crippen LogP contribution is 2.25. The molecule has 5 N–H and O–H groups in total. The summed E-state index contributed by atoms with van der Waals surface area (Å²) in [4.78, 5) is 28.7. The van der Waals surface area contributed by atoms with Crippen LogP contribution in [0, 0.1) is 5.41 Å². The number of aromatic amines is 1. The van der Waals surface area contributed by atoms with Crippen LogP contribution in [0.5, 0.6) is 0 Å². The largest absolute Gasteiger partial charge is 0.370 e. The molecule has 3 aromatic rings. The van der Waals surface area contributed by atoms with Gasteiger partial charge in [-0.25, -0.2) is 0 Å². The summed E-state index contributed by atoms with van der Waals surface area (Å²) in [7, 11) is 1.42. The molecule has 0 fully saturated rings. The van der Waals surface area contributed by atoms with E-state index < -0.39 is 5.91 Å². The summed E-state index contributed by atoms with van der Waals surface area (Å²) < 4.78 is 0. The highest BCUT2D eigenvalue weighted by atomic mass is 35.5. The van der Waals surface area contributed by atoms with Crippen LogP contribution in [0.25, 0.3) is 10.9 Å². The Morgan fingerprint density at radius 2 is 1.81 bits per heavy atom. The zero-order valence-electron chi connectivity index (χ0n) is 13.9. The zero-order valence-corrected chi connectivity index (χ0v) is 14.8. The molecule has 2 aromatic carbocycles. The third-order valence-corrected chi connectivity index (χ3v) is 3.84. The first kappa shape index (κ1) is 19.0. The number of fused-ring (bicyclic) bond motifs is 1. The van der Waals surface area contributed by atoms with E-state index in [2.05, 4.69) is 10.3 Å². The van der Waals surface area contributed by atoms with E-state index in [1.54, 1.807) is 48.5 Å². The van der Waals surface area contributed by atoms with E-state index in [1.807, 2.05) is 6.07 Å². The van der Waals surface area contributed by atoms with Gasteiger partial charge in [0, 0.05) is 23.5 Å². The number of anilines is 1. The van der Waals surface area contributed by atoms with Gasteiger partial charge in [0.25, 0.3) is 11.8 Å². The molecule has 0 aliphatic rings. The Kier molecular flexibility index (Phi) is 5.64. The van der Waals surface area contributed by atoms with Gasteiger partial charge >= 0.3 is 0 Å². The van der Waals surface area contributed by atoms with Gasteiger partial charge in [-0.15, -0.1) is 12.4 Å². The topological polar surface area (TPSA) is 115 Å². The number of halogens is 1. The minimum Gasteiger partial charge on any atom is -0.370 e. The van der Waals surface area contributed by atoms with Crippen molar-refractivity contribution >= 4 is 46.8 Å². The quantitative estimate of drug-likeness (QED) is 0.419. The van der Waals surface area contributed by atoms with Crippen LogP contribution >= 0.6 is 12.4 Å². The van der Waals surface area contributed by atoms with E-state index in [0.29, 0.717) is 22.2 Å². The number of amides is 2. The second-order valence-electron chi connectivity index (χ2n) is 5.52. The molecule has 134 valence electrons. The van der Waals surface area contributed by atoms with Crippen molar-refractivity contribution in [3.8, 4) is 0 Å². The van der Waals surface area contributed by atoms with Crippen molar-refractivity contribution in [1.29, 1.82) is 5.41 Å². The zero-order chi connectivity index (χ0) is 18.0. The minimum absolute atomic E-state index is 0. The molecule has 1 aromatic heterocycles. The van der Waals surface area contributed by atoms with Crippen molar-refractivity contribution in [2.45, 2.75) is 0 Å². The molecule has 2 amide bonds. The van der Waals surface area contributed by atoms with Crippen molar-refractivity contribution in [3.63, 3.8) is 0 Å². The van der Waals surface area contributed by atoms with Gasteiger partial charge in [-0.1, -0.05) is 24.3 Å². The predicted octanol–water partition coefficient (Wildman–Crippen LogP) is 2.81. The summed E-state index contributed by atoms with van der Waals surface area (Å²) >= 11 is 0. The standard InChI is InChI=1S/C18H17N5O2.ClH/c1-23(18(19)20)17(25)15-10-12-13(21-15)8-5-9-14(12)22-16(24)11-6-3-2-4-7-11;/h2-10,21H,1H3,(H3,19,20)(H,22,24);1H. The van der Waals surface area contributed by atoms with Gasteiger partial charge in [-0.3, -0.25) is 19.9 Å². The van der Waals surface area contributed by atoms with Crippen LogP contribution in [0.3, 0.4) is 0 Å². The van der Waals surface area contributed by atoms with E-state index in [9.17, 15) is 9.59 Å².